The van der Waals surface area contributed by atoms with Crippen molar-refractivity contribution < 1.29 is 0 Å². The molecule has 0 aromatic carbocycles. The molecule has 1 saturated heterocycles. The first-order chi connectivity index (χ1) is 10.4. The predicted molar refractivity (Wildman–Crippen MR) is 87.1 cm³/mol. The molecule has 0 atom stereocenters. The molecular weight excluding hydrogens is 282 g/mol. The molecule has 1 aliphatic heterocycles. The maximum absolute atomic E-state index is 5.65. The van der Waals surface area contributed by atoms with Gasteiger partial charge in [0.1, 0.15) is 17.0 Å². The first-order valence-electron chi connectivity index (χ1n) is 7.79. The molecule has 3 heterocycles. The zero-order valence-corrected chi connectivity index (χ0v) is 13.0. The van der Waals surface area contributed by atoms with Crippen LogP contribution in [-0.2, 0) is 12.8 Å². The lowest BCUT2D eigenvalue weighted by Gasteiger charge is -2.35. The van der Waals surface area contributed by atoms with Crippen LogP contribution in [0.1, 0.15) is 16.9 Å². The predicted octanol–water partition coefficient (Wildman–Crippen LogP) is 1.26. The summed E-state index contributed by atoms with van der Waals surface area (Å²) in [6.45, 7) is 5.98. The minimum absolute atomic E-state index is 0.746. The van der Waals surface area contributed by atoms with E-state index in [9.17, 15) is 0 Å². The quantitative estimate of drug-likeness (QED) is 0.925. The number of aromatic nitrogens is 2. The maximum atomic E-state index is 5.65. The van der Waals surface area contributed by atoms with Crippen molar-refractivity contribution in [3.05, 3.63) is 16.8 Å². The van der Waals surface area contributed by atoms with E-state index < -0.39 is 0 Å². The van der Waals surface area contributed by atoms with Gasteiger partial charge in [0, 0.05) is 44.1 Å². The Morgan fingerprint density at radius 1 is 1.14 bits per heavy atom. The first-order valence-corrected chi connectivity index (χ1v) is 8.61. The number of anilines is 1. The molecule has 0 unspecified atom stereocenters. The van der Waals surface area contributed by atoms with E-state index in [-0.39, 0.29) is 0 Å². The van der Waals surface area contributed by atoms with E-state index >= 15 is 0 Å². The van der Waals surface area contributed by atoms with Crippen molar-refractivity contribution in [1.82, 2.24) is 14.9 Å². The van der Waals surface area contributed by atoms with Gasteiger partial charge in [0.05, 0.1) is 5.39 Å². The summed E-state index contributed by atoms with van der Waals surface area (Å²) in [6.07, 6.45) is 5.44. The Balaban J connectivity index is 1.65. The topological polar surface area (TPSA) is 58.3 Å². The second-order valence-corrected chi connectivity index (χ2v) is 6.94. The van der Waals surface area contributed by atoms with Crippen LogP contribution in [0, 0.1) is 0 Å². The number of fused-ring (bicyclic) bond motifs is 3. The standard InChI is InChI=1S/C15H21N5S/c16-4-5-19-6-8-20(9-7-19)14-13-11-2-1-3-12(11)21-15(13)18-10-17-14/h10H,1-9,16H2. The van der Waals surface area contributed by atoms with E-state index in [1.165, 1.54) is 39.9 Å². The van der Waals surface area contributed by atoms with Crippen LogP contribution in [-0.4, -0.2) is 54.1 Å². The molecule has 1 fully saturated rings. The molecular formula is C15H21N5S. The number of nitrogens with two attached hydrogens (primary N) is 1. The summed E-state index contributed by atoms with van der Waals surface area (Å²) in [6, 6.07) is 0. The van der Waals surface area contributed by atoms with Crippen LogP contribution >= 0.6 is 11.3 Å². The average molecular weight is 303 g/mol. The Kier molecular flexibility index (Phi) is 3.52. The van der Waals surface area contributed by atoms with Crippen LogP contribution in [0.25, 0.3) is 10.2 Å². The van der Waals surface area contributed by atoms with Gasteiger partial charge in [-0.05, 0) is 24.8 Å². The Labute approximate surface area is 128 Å². The molecule has 1 aliphatic carbocycles. The van der Waals surface area contributed by atoms with Crippen LogP contribution in [0.4, 0.5) is 5.82 Å². The van der Waals surface area contributed by atoms with E-state index in [1.807, 2.05) is 11.3 Å². The summed E-state index contributed by atoms with van der Waals surface area (Å²) in [5.41, 5.74) is 7.18. The number of rotatable bonds is 3. The lowest BCUT2D eigenvalue weighted by molar-refractivity contribution is 0.264. The van der Waals surface area contributed by atoms with Gasteiger partial charge in [0.2, 0.25) is 0 Å². The zero-order valence-electron chi connectivity index (χ0n) is 12.2. The molecule has 2 aromatic heterocycles. The summed E-state index contributed by atoms with van der Waals surface area (Å²) in [4.78, 5) is 16.7. The van der Waals surface area contributed by atoms with E-state index in [2.05, 4.69) is 19.8 Å². The number of hydrogen-bond acceptors (Lipinski definition) is 6. The third-order valence-corrected chi connectivity index (χ3v) is 5.80. The minimum atomic E-state index is 0.746. The van der Waals surface area contributed by atoms with E-state index in [1.54, 1.807) is 6.33 Å². The molecule has 21 heavy (non-hydrogen) atoms. The average Bonchev–Trinajstić information content (AvgIpc) is 3.08. The van der Waals surface area contributed by atoms with Crippen molar-refractivity contribution in [3.8, 4) is 0 Å². The number of hydrogen-bond donors (Lipinski definition) is 1. The SMILES string of the molecule is NCCN1CCN(c2ncnc3sc4c(c23)CCC4)CC1. The van der Waals surface area contributed by atoms with E-state index in [0.717, 1.165) is 45.1 Å². The fourth-order valence-electron chi connectivity index (χ4n) is 3.52. The molecule has 5 nitrogen and oxygen atoms in total. The van der Waals surface area contributed by atoms with Gasteiger partial charge in [-0.1, -0.05) is 0 Å². The first kappa shape index (κ1) is 13.4. The number of aryl methyl sites for hydroxylation is 2. The van der Waals surface area contributed by atoms with Gasteiger partial charge in [-0.15, -0.1) is 11.3 Å². The molecule has 0 spiro atoms. The highest BCUT2D eigenvalue weighted by Gasteiger charge is 2.25. The van der Waals surface area contributed by atoms with Crippen LogP contribution in [0.3, 0.4) is 0 Å². The Hall–Kier alpha value is -1.24. The highest BCUT2D eigenvalue weighted by molar-refractivity contribution is 7.19. The molecule has 112 valence electrons. The summed E-state index contributed by atoms with van der Waals surface area (Å²) in [5.74, 6) is 1.16. The van der Waals surface area contributed by atoms with Gasteiger partial charge in [0.15, 0.2) is 0 Å². The fraction of sp³-hybridized carbons (Fsp3) is 0.600. The molecule has 0 amide bonds. The zero-order chi connectivity index (χ0) is 14.2. The number of nitrogens with zero attached hydrogens (tertiary/aromatic N) is 4. The molecule has 2 N–H and O–H groups in total. The van der Waals surface area contributed by atoms with Crippen LogP contribution in [0.5, 0.6) is 0 Å². The summed E-state index contributed by atoms with van der Waals surface area (Å²) in [5, 5.41) is 1.34. The van der Waals surface area contributed by atoms with Crippen molar-refractivity contribution in [2.24, 2.45) is 5.73 Å². The molecule has 2 aliphatic rings. The monoisotopic (exact) mass is 303 g/mol. The number of piperazine rings is 1. The minimum Gasteiger partial charge on any atom is -0.353 e. The van der Waals surface area contributed by atoms with Gasteiger partial charge >= 0.3 is 0 Å². The summed E-state index contributed by atoms with van der Waals surface area (Å²) < 4.78 is 0. The van der Waals surface area contributed by atoms with Crippen LogP contribution in [0.2, 0.25) is 0 Å². The smallest absolute Gasteiger partial charge is 0.141 e. The van der Waals surface area contributed by atoms with Gasteiger partial charge in [-0.2, -0.15) is 0 Å². The third-order valence-electron chi connectivity index (χ3n) is 4.60. The Bertz CT molecular complexity index is 645. The second kappa shape index (κ2) is 5.51. The van der Waals surface area contributed by atoms with Crippen molar-refractivity contribution in [2.45, 2.75) is 19.3 Å². The van der Waals surface area contributed by atoms with Crippen LogP contribution < -0.4 is 10.6 Å². The Morgan fingerprint density at radius 3 is 2.81 bits per heavy atom. The van der Waals surface area contributed by atoms with Gasteiger partial charge in [-0.3, -0.25) is 4.90 Å². The maximum Gasteiger partial charge on any atom is 0.141 e. The van der Waals surface area contributed by atoms with Crippen molar-refractivity contribution in [2.75, 3.05) is 44.2 Å². The second-order valence-electron chi connectivity index (χ2n) is 5.85. The lowest BCUT2D eigenvalue weighted by atomic mass is 10.1. The fourth-order valence-corrected chi connectivity index (χ4v) is 4.74. The molecule has 4 rings (SSSR count). The molecule has 0 bridgehead atoms. The molecule has 0 radical (unpaired) electrons. The van der Waals surface area contributed by atoms with E-state index in [4.69, 9.17) is 5.73 Å². The molecule has 6 heteroatoms. The highest BCUT2D eigenvalue weighted by atomic mass is 32.1. The van der Waals surface area contributed by atoms with Crippen molar-refractivity contribution >= 4 is 27.4 Å². The van der Waals surface area contributed by atoms with Gasteiger partial charge < -0.3 is 10.6 Å². The molecule has 2 aromatic rings. The summed E-state index contributed by atoms with van der Waals surface area (Å²) >= 11 is 1.87. The van der Waals surface area contributed by atoms with Crippen molar-refractivity contribution in [3.63, 3.8) is 0 Å². The normalized spacial score (nSPS) is 19.4. The highest BCUT2D eigenvalue weighted by Crippen LogP contribution is 2.40. The number of thiophene rings is 1. The van der Waals surface area contributed by atoms with Crippen molar-refractivity contribution in [1.29, 1.82) is 0 Å². The van der Waals surface area contributed by atoms with Gasteiger partial charge in [0.25, 0.3) is 0 Å². The lowest BCUT2D eigenvalue weighted by Crippen LogP contribution is -2.48. The van der Waals surface area contributed by atoms with E-state index in [0.29, 0.717) is 0 Å². The molecule has 0 saturated carbocycles. The van der Waals surface area contributed by atoms with Crippen LogP contribution in [0.15, 0.2) is 6.33 Å². The Morgan fingerprint density at radius 2 is 2.00 bits per heavy atom. The third kappa shape index (κ3) is 2.31. The van der Waals surface area contributed by atoms with Gasteiger partial charge in [-0.25, -0.2) is 9.97 Å². The largest absolute Gasteiger partial charge is 0.353 e. The summed E-state index contributed by atoms with van der Waals surface area (Å²) in [7, 11) is 0.